The summed E-state index contributed by atoms with van der Waals surface area (Å²) >= 11 is 5.89. The number of halogens is 1. The minimum atomic E-state index is -0.117. The fraction of sp³-hybridized carbons (Fsp3) is 0.417. The third-order valence-electron chi connectivity index (χ3n) is 2.86. The molecule has 1 aromatic carbocycles. The van der Waals surface area contributed by atoms with Crippen LogP contribution in [0.4, 0.5) is 0 Å². The molecule has 1 heterocycles. The van der Waals surface area contributed by atoms with E-state index in [-0.39, 0.29) is 11.9 Å². The highest BCUT2D eigenvalue weighted by molar-refractivity contribution is 6.30. The summed E-state index contributed by atoms with van der Waals surface area (Å²) < 4.78 is 0. The van der Waals surface area contributed by atoms with Crippen LogP contribution >= 0.6 is 11.6 Å². The molecule has 86 valence electrons. The van der Waals surface area contributed by atoms with Gasteiger partial charge in [-0.05, 0) is 36.6 Å². The van der Waals surface area contributed by atoms with Crippen LogP contribution < -0.4 is 10.6 Å². The summed E-state index contributed by atoms with van der Waals surface area (Å²) in [4.78, 5) is 11.6. The molecule has 2 N–H and O–H groups in total. The zero-order chi connectivity index (χ0) is 11.5. The Hall–Kier alpha value is -1.06. The summed E-state index contributed by atoms with van der Waals surface area (Å²) in [5.74, 6) is 0.0839. The summed E-state index contributed by atoms with van der Waals surface area (Å²) in [5, 5.41) is 6.81. The molecule has 0 aromatic heterocycles. The van der Waals surface area contributed by atoms with Gasteiger partial charge in [-0.1, -0.05) is 17.7 Å². The van der Waals surface area contributed by atoms with Gasteiger partial charge in [-0.2, -0.15) is 0 Å². The Morgan fingerprint density at radius 1 is 1.44 bits per heavy atom. The molecule has 1 amide bonds. The molecule has 0 aliphatic carbocycles. The fourth-order valence-electron chi connectivity index (χ4n) is 1.92. The number of hydrogen-bond acceptors (Lipinski definition) is 2. The van der Waals surface area contributed by atoms with Gasteiger partial charge in [0.1, 0.15) is 0 Å². The molecule has 3 nitrogen and oxygen atoms in total. The van der Waals surface area contributed by atoms with E-state index < -0.39 is 0 Å². The van der Waals surface area contributed by atoms with Crippen molar-refractivity contribution < 1.29 is 4.79 Å². The van der Waals surface area contributed by atoms with Gasteiger partial charge in [0, 0.05) is 18.1 Å². The van der Waals surface area contributed by atoms with Gasteiger partial charge >= 0.3 is 0 Å². The maximum atomic E-state index is 11.6. The van der Waals surface area contributed by atoms with Gasteiger partial charge in [-0.25, -0.2) is 0 Å². The van der Waals surface area contributed by atoms with Crippen LogP contribution in [0.3, 0.4) is 0 Å². The predicted octanol–water partition coefficient (Wildman–Crippen LogP) is 1.28. The highest BCUT2D eigenvalue weighted by Gasteiger charge is 2.21. The Labute approximate surface area is 100 Å². The molecule has 1 aromatic rings. The second-order valence-electron chi connectivity index (χ2n) is 4.07. The molecule has 0 spiro atoms. The molecule has 0 radical (unpaired) electrons. The first-order valence-electron chi connectivity index (χ1n) is 5.43. The number of hydrogen-bond donors (Lipinski definition) is 2. The maximum Gasteiger partial charge on any atom is 0.237 e. The van der Waals surface area contributed by atoms with E-state index in [1.165, 1.54) is 5.56 Å². The number of carbonyl (C=O) groups excluding carboxylic acids is 1. The predicted molar refractivity (Wildman–Crippen MR) is 64.7 cm³/mol. The van der Waals surface area contributed by atoms with E-state index >= 15 is 0 Å². The fourth-order valence-corrected chi connectivity index (χ4v) is 2.15. The molecular weight excluding hydrogens is 224 g/mol. The Morgan fingerprint density at radius 2 is 2.25 bits per heavy atom. The molecule has 1 fully saturated rings. The van der Waals surface area contributed by atoms with Crippen LogP contribution in [0.5, 0.6) is 0 Å². The summed E-state index contributed by atoms with van der Waals surface area (Å²) in [5.41, 5.74) is 2.30. The molecular formula is C12H15ClN2O. The second-order valence-corrected chi connectivity index (χ2v) is 4.51. The zero-order valence-electron chi connectivity index (χ0n) is 9.22. The molecule has 16 heavy (non-hydrogen) atoms. The van der Waals surface area contributed by atoms with E-state index in [0.29, 0.717) is 0 Å². The summed E-state index contributed by atoms with van der Waals surface area (Å²) in [6.45, 7) is 3.57. The number of piperazine rings is 1. The van der Waals surface area contributed by atoms with Crippen LogP contribution in [0.15, 0.2) is 18.2 Å². The van der Waals surface area contributed by atoms with Crippen LogP contribution in [0, 0.1) is 6.92 Å². The zero-order valence-corrected chi connectivity index (χ0v) is 9.97. The second kappa shape index (κ2) is 4.85. The average Bonchev–Trinajstić information content (AvgIpc) is 2.25. The van der Waals surface area contributed by atoms with Gasteiger partial charge in [-0.3, -0.25) is 4.79 Å². The average molecular weight is 239 g/mol. The van der Waals surface area contributed by atoms with Crippen LogP contribution in [-0.4, -0.2) is 25.0 Å². The van der Waals surface area contributed by atoms with E-state index in [0.717, 1.165) is 30.1 Å². The van der Waals surface area contributed by atoms with Gasteiger partial charge in [0.05, 0.1) is 6.04 Å². The lowest BCUT2D eigenvalue weighted by Gasteiger charge is -2.24. The maximum absolute atomic E-state index is 11.6. The lowest BCUT2D eigenvalue weighted by molar-refractivity contribution is -0.124. The number of nitrogens with one attached hydrogen (secondary N) is 2. The van der Waals surface area contributed by atoms with E-state index in [9.17, 15) is 4.79 Å². The minimum Gasteiger partial charge on any atom is -0.353 e. The third-order valence-corrected chi connectivity index (χ3v) is 3.10. The molecule has 0 bridgehead atoms. The summed E-state index contributed by atoms with van der Waals surface area (Å²) in [6, 6.07) is 5.66. The van der Waals surface area contributed by atoms with E-state index in [2.05, 4.69) is 10.6 Å². The monoisotopic (exact) mass is 238 g/mol. The van der Waals surface area contributed by atoms with Gasteiger partial charge in [0.2, 0.25) is 5.91 Å². The first kappa shape index (κ1) is 11.4. The Morgan fingerprint density at radius 3 is 2.94 bits per heavy atom. The van der Waals surface area contributed by atoms with Crippen molar-refractivity contribution in [1.82, 2.24) is 10.6 Å². The van der Waals surface area contributed by atoms with Gasteiger partial charge in [0.25, 0.3) is 0 Å². The Bertz CT molecular complexity index is 406. The van der Waals surface area contributed by atoms with Gasteiger partial charge in [0.15, 0.2) is 0 Å². The first-order valence-corrected chi connectivity index (χ1v) is 5.81. The van der Waals surface area contributed by atoms with Crippen molar-refractivity contribution in [2.45, 2.75) is 19.4 Å². The molecule has 1 aliphatic rings. The summed E-state index contributed by atoms with van der Waals surface area (Å²) in [6.07, 6.45) is 0.717. The van der Waals surface area contributed by atoms with Crippen molar-refractivity contribution in [2.24, 2.45) is 0 Å². The number of amides is 1. The van der Waals surface area contributed by atoms with Crippen LogP contribution in [0.1, 0.15) is 11.1 Å². The lowest BCUT2D eigenvalue weighted by Crippen LogP contribution is -2.53. The standard InChI is InChI=1S/C12H15ClN2O/c1-8-6-10(13)3-2-9(8)7-11-12(16)15-5-4-14-11/h2-3,6,11,14H,4-5,7H2,1H3,(H,15,16). The number of carbonyl (C=O) groups is 1. The highest BCUT2D eigenvalue weighted by Crippen LogP contribution is 2.16. The molecule has 1 atom stereocenters. The quantitative estimate of drug-likeness (QED) is 0.815. The van der Waals surface area contributed by atoms with Crippen molar-refractivity contribution >= 4 is 17.5 Å². The highest BCUT2D eigenvalue weighted by atomic mass is 35.5. The first-order chi connectivity index (χ1) is 7.66. The van der Waals surface area contributed by atoms with Crippen molar-refractivity contribution in [3.8, 4) is 0 Å². The van der Waals surface area contributed by atoms with E-state index in [4.69, 9.17) is 11.6 Å². The summed E-state index contributed by atoms with van der Waals surface area (Å²) in [7, 11) is 0. The van der Waals surface area contributed by atoms with Gasteiger partial charge in [-0.15, -0.1) is 0 Å². The van der Waals surface area contributed by atoms with Crippen LogP contribution in [0.25, 0.3) is 0 Å². The van der Waals surface area contributed by atoms with Crippen molar-refractivity contribution in [2.75, 3.05) is 13.1 Å². The smallest absolute Gasteiger partial charge is 0.237 e. The molecule has 0 saturated carbocycles. The van der Waals surface area contributed by atoms with Crippen molar-refractivity contribution in [1.29, 1.82) is 0 Å². The lowest BCUT2D eigenvalue weighted by atomic mass is 10.00. The van der Waals surface area contributed by atoms with Crippen LogP contribution in [-0.2, 0) is 11.2 Å². The van der Waals surface area contributed by atoms with Gasteiger partial charge < -0.3 is 10.6 Å². The Balaban J connectivity index is 2.10. The normalized spacial score (nSPS) is 20.6. The SMILES string of the molecule is Cc1cc(Cl)ccc1CC1NCCNC1=O. The molecule has 1 aliphatic heterocycles. The van der Waals surface area contributed by atoms with Crippen molar-refractivity contribution in [3.05, 3.63) is 34.3 Å². The largest absolute Gasteiger partial charge is 0.353 e. The molecule has 4 heteroatoms. The van der Waals surface area contributed by atoms with E-state index in [1.54, 1.807) is 0 Å². The minimum absolute atomic E-state index is 0.0839. The Kier molecular flexibility index (Phi) is 3.46. The third kappa shape index (κ3) is 2.54. The molecule has 1 unspecified atom stereocenters. The van der Waals surface area contributed by atoms with E-state index in [1.807, 2.05) is 25.1 Å². The number of benzene rings is 1. The number of aryl methyl sites for hydroxylation is 1. The molecule has 2 rings (SSSR count). The van der Waals surface area contributed by atoms with Crippen molar-refractivity contribution in [3.63, 3.8) is 0 Å². The topological polar surface area (TPSA) is 41.1 Å². The molecule has 1 saturated heterocycles. The number of rotatable bonds is 2. The van der Waals surface area contributed by atoms with Crippen LogP contribution in [0.2, 0.25) is 5.02 Å².